The van der Waals surface area contributed by atoms with Gasteiger partial charge in [0.25, 0.3) is 0 Å². The molecule has 1 aromatic rings. The normalized spacial score (nSPS) is 19.9. The Morgan fingerprint density at radius 1 is 1.47 bits per heavy atom. The van der Waals surface area contributed by atoms with Crippen LogP contribution in [0, 0.1) is 5.92 Å². The monoisotopic (exact) mass is 296 g/mol. The van der Waals surface area contributed by atoms with Crippen LogP contribution in [-0.4, -0.2) is 19.6 Å². The van der Waals surface area contributed by atoms with E-state index in [0.717, 1.165) is 12.3 Å². The van der Waals surface area contributed by atoms with Crippen molar-refractivity contribution in [2.24, 2.45) is 11.7 Å². The number of hydrogen-bond donors (Lipinski definition) is 1. The third-order valence-electron chi connectivity index (χ3n) is 3.65. The van der Waals surface area contributed by atoms with E-state index in [1.807, 2.05) is 0 Å². The van der Waals surface area contributed by atoms with E-state index in [4.69, 9.17) is 5.73 Å². The molecule has 94 valence electrons. The van der Waals surface area contributed by atoms with Crippen molar-refractivity contribution in [3.05, 3.63) is 28.2 Å². The van der Waals surface area contributed by atoms with Gasteiger partial charge in [-0.05, 0) is 58.9 Å². The van der Waals surface area contributed by atoms with Crippen molar-refractivity contribution in [3.63, 3.8) is 0 Å². The summed E-state index contributed by atoms with van der Waals surface area (Å²) in [5, 5.41) is 0. The lowest BCUT2D eigenvalue weighted by Crippen LogP contribution is -2.20. The lowest BCUT2D eigenvalue weighted by Gasteiger charge is -2.20. The van der Waals surface area contributed by atoms with Gasteiger partial charge in [-0.2, -0.15) is 0 Å². The summed E-state index contributed by atoms with van der Waals surface area (Å²) in [7, 11) is 0. The smallest absolute Gasteiger partial charge is 0.0510 e. The van der Waals surface area contributed by atoms with Crippen molar-refractivity contribution >= 4 is 21.6 Å². The Kier molecular flexibility index (Phi) is 4.46. The van der Waals surface area contributed by atoms with Crippen LogP contribution in [-0.2, 0) is 6.42 Å². The minimum atomic E-state index is 0.716. The fourth-order valence-corrected chi connectivity index (χ4v) is 3.19. The number of nitrogens with zero attached hydrogens (tertiary/aromatic N) is 1. The van der Waals surface area contributed by atoms with Crippen LogP contribution < -0.4 is 10.6 Å². The summed E-state index contributed by atoms with van der Waals surface area (Å²) in [5.74, 6) is 0.866. The summed E-state index contributed by atoms with van der Waals surface area (Å²) in [6, 6.07) is 6.64. The third kappa shape index (κ3) is 3.02. The highest BCUT2D eigenvalue weighted by molar-refractivity contribution is 9.10. The first-order valence-corrected chi connectivity index (χ1v) is 7.27. The minimum absolute atomic E-state index is 0.716. The van der Waals surface area contributed by atoms with Gasteiger partial charge in [0.1, 0.15) is 0 Å². The summed E-state index contributed by atoms with van der Waals surface area (Å²) in [6.07, 6.45) is 3.57. The Hall–Kier alpha value is -0.540. The van der Waals surface area contributed by atoms with Gasteiger partial charge >= 0.3 is 0 Å². The number of halogens is 1. The average molecular weight is 297 g/mol. The standard InChI is InChI=1S/C14H21BrN2/c1-2-11-6-8-17(10-11)14-4-3-12(5-7-16)9-13(14)15/h3-4,9,11H,2,5-8,10,16H2,1H3. The van der Waals surface area contributed by atoms with Gasteiger partial charge in [0.2, 0.25) is 0 Å². The molecular formula is C14H21BrN2. The SMILES string of the molecule is CCC1CCN(c2ccc(CCN)cc2Br)C1. The molecule has 2 N–H and O–H groups in total. The number of benzene rings is 1. The molecule has 17 heavy (non-hydrogen) atoms. The minimum Gasteiger partial charge on any atom is -0.370 e. The lowest BCUT2D eigenvalue weighted by atomic mass is 10.1. The van der Waals surface area contributed by atoms with Crippen LogP contribution in [0.25, 0.3) is 0 Å². The van der Waals surface area contributed by atoms with E-state index in [9.17, 15) is 0 Å². The Balaban J connectivity index is 2.11. The molecule has 1 aliphatic rings. The van der Waals surface area contributed by atoms with E-state index in [-0.39, 0.29) is 0 Å². The molecule has 1 fully saturated rings. The van der Waals surface area contributed by atoms with E-state index in [0.29, 0.717) is 6.54 Å². The van der Waals surface area contributed by atoms with Crippen molar-refractivity contribution in [1.29, 1.82) is 0 Å². The molecule has 0 aromatic heterocycles. The summed E-state index contributed by atoms with van der Waals surface area (Å²) < 4.78 is 1.21. The molecule has 0 radical (unpaired) electrons. The maximum atomic E-state index is 5.58. The van der Waals surface area contributed by atoms with E-state index in [2.05, 4.69) is 46.0 Å². The predicted molar refractivity (Wildman–Crippen MR) is 77.5 cm³/mol. The molecular weight excluding hydrogens is 276 g/mol. The third-order valence-corrected chi connectivity index (χ3v) is 4.28. The topological polar surface area (TPSA) is 29.3 Å². The molecule has 2 rings (SSSR count). The molecule has 0 amide bonds. The number of hydrogen-bond acceptors (Lipinski definition) is 2. The first-order chi connectivity index (χ1) is 8.24. The molecule has 0 bridgehead atoms. The van der Waals surface area contributed by atoms with Crippen LogP contribution in [0.15, 0.2) is 22.7 Å². The van der Waals surface area contributed by atoms with Gasteiger partial charge in [-0.1, -0.05) is 19.4 Å². The number of anilines is 1. The van der Waals surface area contributed by atoms with Gasteiger partial charge in [0.15, 0.2) is 0 Å². The Bertz CT molecular complexity index is 378. The van der Waals surface area contributed by atoms with Crippen LogP contribution >= 0.6 is 15.9 Å². The summed E-state index contributed by atoms with van der Waals surface area (Å²) >= 11 is 3.69. The van der Waals surface area contributed by atoms with Gasteiger partial charge in [-0.15, -0.1) is 0 Å². The van der Waals surface area contributed by atoms with Gasteiger partial charge in [0, 0.05) is 17.6 Å². The van der Waals surface area contributed by atoms with Gasteiger partial charge in [0.05, 0.1) is 5.69 Å². The largest absolute Gasteiger partial charge is 0.370 e. The Morgan fingerprint density at radius 3 is 2.88 bits per heavy atom. The molecule has 1 aromatic carbocycles. The molecule has 0 spiro atoms. The van der Waals surface area contributed by atoms with Crippen molar-refractivity contribution in [2.75, 3.05) is 24.5 Å². The van der Waals surface area contributed by atoms with Crippen LogP contribution in [0.5, 0.6) is 0 Å². The zero-order valence-corrected chi connectivity index (χ0v) is 12.0. The Labute approximate surface area is 112 Å². The summed E-state index contributed by atoms with van der Waals surface area (Å²) in [5.41, 5.74) is 8.23. The van der Waals surface area contributed by atoms with E-state index >= 15 is 0 Å². The first kappa shape index (κ1) is 12.9. The van der Waals surface area contributed by atoms with Gasteiger partial charge < -0.3 is 10.6 Å². The summed E-state index contributed by atoms with van der Waals surface area (Å²) in [6.45, 7) is 5.39. The predicted octanol–water partition coefficient (Wildman–Crippen LogP) is 3.19. The molecule has 1 heterocycles. The highest BCUT2D eigenvalue weighted by atomic mass is 79.9. The van der Waals surface area contributed by atoms with Crippen LogP contribution in [0.3, 0.4) is 0 Å². The van der Waals surface area contributed by atoms with Crippen molar-refractivity contribution in [3.8, 4) is 0 Å². The molecule has 1 saturated heterocycles. The van der Waals surface area contributed by atoms with Crippen LogP contribution in [0.4, 0.5) is 5.69 Å². The number of rotatable bonds is 4. The van der Waals surface area contributed by atoms with Crippen molar-refractivity contribution in [1.82, 2.24) is 0 Å². The highest BCUT2D eigenvalue weighted by Crippen LogP contribution is 2.32. The second kappa shape index (κ2) is 5.87. The van der Waals surface area contributed by atoms with E-state index < -0.39 is 0 Å². The molecule has 2 nitrogen and oxygen atoms in total. The first-order valence-electron chi connectivity index (χ1n) is 6.48. The quantitative estimate of drug-likeness (QED) is 0.925. The molecule has 0 saturated carbocycles. The molecule has 3 heteroatoms. The van der Waals surface area contributed by atoms with E-state index in [1.165, 1.54) is 41.7 Å². The second-order valence-electron chi connectivity index (χ2n) is 4.83. The zero-order chi connectivity index (χ0) is 12.3. The lowest BCUT2D eigenvalue weighted by molar-refractivity contribution is 0.569. The fraction of sp³-hybridized carbons (Fsp3) is 0.571. The molecule has 1 unspecified atom stereocenters. The fourth-order valence-electron chi connectivity index (χ4n) is 2.51. The summed E-state index contributed by atoms with van der Waals surface area (Å²) in [4.78, 5) is 2.49. The van der Waals surface area contributed by atoms with Crippen molar-refractivity contribution in [2.45, 2.75) is 26.2 Å². The molecule has 0 aliphatic carbocycles. The van der Waals surface area contributed by atoms with Gasteiger partial charge in [-0.3, -0.25) is 0 Å². The van der Waals surface area contributed by atoms with Gasteiger partial charge in [-0.25, -0.2) is 0 Å². The number of nitrogens with two attached hydrogens (primary N) is 1. The van der Waals surface area contributed by atoms with E-state index in [1.54, 1.807) is 0 Å². The highest BCUT2D eigenvalue weighted by Gasteiger charge is 2.22. The molecule has 1 aliphatic heterocycles. The average Bonchev–Trinajstić information content (AvgIpc) is 2.78. The van der Waals surface area contributed by atoms with Crippen LogP contribution in [0.1, 0.15) is 25.3 Å². The zero-order valence-electron chi connectivity index (χ0n) is 10.5. The Morgan fingerprint density at radius 2 is 2.29 bits per heavy atom. The second-order valence-corrected chi connectivity index (χ2v) is 5.69. The molecule has 1 atom stereocenters. The maximum Gasteiger partial charge on any atom is 0.0510 e. The maximum absolute atomic E-state index is 5.58. The van der Waals surface area contributed by atoms with Crippen LogP contribution in [0.2, 0.25) is 0 Å². The van der Waals surface area contributed by atoms with Crippen molar-refractivity contribution < 1.29 is 0 Å².